The van der Waals surface area contributed by atoms with Gasteiger partial charge in [0.15, 0.2) is 0 Å². The van der Waals surface area contributed by atoms with E-state index in [0.29, 0.717) is 5.70 Å². The average Bonchev–Trinajstić information content (AvgIpc) is 1.82. The summed E-state index contributed by atoms with van der Waals surface area (Å²) in [5.74, 6) is 0. The quantitative estimate of drug-likeness (QED) is 0.275. The van der Waals surface area contributed by atoms with Gasteiger partial charge in [-0.2, -0.15) is 0 Å². The molecule has 0 heterocycles. The number of hydrogen-bond acceptors (Lipinski definition) is 2. The van der Waals surface area contributed by atoms with Crippen molar-refractivity contribution in [2.45, 2.75) is 0 Å². The van der Waals surface area contributed by atoms with Crippen LogP contribution in [-0.4, -0.2) is 11.7 Å². The highest BCUT2D eigenvalue weighted by Crippen LogP contribution is 1.94. The Kier molecular flexibility index (Phi) is 3.55. The molecule has 0 amide bonds. The third-order valence-corrected chi connectivity index (χ3v) is 0.908. The van der Waals surface area contributed by atoms with E-state index in [1.54, 1.807) is 12.2 Å². The molecule has 2 nitrogen and oxygen atoms in total. The summed E-state index contributed by atoms with van der Waals surface area (Å²) >= 11 is 4.61. The average molecular weight is 140 g/mol. The van der Waals surface area contributed by atoms with Gasteiger partial charge in [-0.3, -0.25) is 4.99 Å². The summed E-state index contributed by atoms with van der Waals surface area (Å²) in [5.41, 5.74) is 5.71. The second-order valence-corrected chi connectivity index (χ2v) is 1.75. The lowest BCUT2D eigenvalue weighted by Crippen LogP contribution is -2.09. The van der Waals surface area contributed by atoms with E-state index in [4.69, 9.17) is 5.73 Å². The molecule has 0 aromatic carbocycles. The molecule has 0 spiro atoms. The maximum absolute atomic E-state index is 5.21. The highest BCUT2D eigenvalue weighted by atomic mass is 32.1. The number of allylic oxidation sites excluding steroid dienone is 2. The minimum atomic E-state index is 0.241. The predicted octanol–water partition coefficient (Wildman–Crippen LogP) is 1.04. The molecule has 0 radical (unpaired) electrons. The van der Waals surface area contributed by atoms with E-state index in [2.05, 4.69) is 30.5 Å². The number of hydrogen-bond donors (Lipinski definition) is 1. The van der Waals surface area contributed by atoms with E-state index in [1.807, 2.05) is 0 Å². The molecule has 0 aromatic rings. The molecule has 48 valence electrons. The van der Waals surface area contributed by atoms with Gasteiger partial charge in [0.1, 0.15) is 4.99 Å². The third-order valence-electron chi connectivity index (χ3n) is 0.699. The van der Waals surface area contributed by atoms with E-state index >= 15 is 0 Å². The molecule has 0 bridgehead atoms. The highest BCUT2D eigenvalue weighted by Gasteiger charge is 1.91. The van der Waals surface area contributed by atoms with Crippen molar-refractivity contribution in [1.29, 1.82) is 0 Å². The number of thiocarbonyl (C=S) groups is 1. The number of nitrogens with two attached hydrogens (primary N) is 1. The fourth-order valence-electron chi connectivity index (χ4n) is 0.324. The molecule has 3 heteroatoms. The van der Waals surface area contributed by atoms with E-state index in [0.717, 1.165) is 0 Å². The standard InChI is InChI=1S/C6H8N2S/c1-3-4-5(8-2)6(7)9/h3-4H,1-2H2,(H2,7,9)/b5-4+. The van der Waals surface area contributed by atoms with Crippen LogP contribution < -0.4 is 5.73 Å². The van der Waals surface area contributed by atoms with Crippen molar-refractivity contribution < 1.29 is 0 Å². The second kappa shape index (κ2) is 3.97. The summed E-state index contributed by atoms with van der Waals surface area (Å²) in [4.78, 5) is 3.79. The van der Waals surface area contributed by atoms with Crippen LogP contribution in [0.25, 0.3) is 0 Å². The van der Waals surface area contributed by atoms with E-state index in [1.165, 1.54) is 0 Å². The Morgan fingerprint density at radius 3 is 2.33 bits per heavy atom. The van der Waals surface area contributed by atoms with E-state index in [-0.39, 0.29) is 4.99 Å². The summed E-state index contributed by atoms with van der Waals surface area (Å²) in [6.45, 7) is 6.72. The number of nitrogens with zero attached hydrogens (tertiary/aromatic N) is 1. The topological polar surface area (TPSA) is 38.4 Å². The lowest BCUT2D eigenvalue weighted by Gasteiger charge is -1.92. The van der Waals surface area contributed by atoms with Crippen LogP contribution in [0.3, 0.4) is 0 Å². The molecule has 2 N–H and O–H groups in total. The molecular weight excluding hydrogens is 132 g/mol. The largest absolute Gasteiger partial charge is 0.388 e. The monoisotopic (exact) mass is 140 g/mol. The van der Waals surface area contributed by atoms with Gasteiger partial charge in [-0.05, 0) is 12.8 Å². The van der Waals surface area contributed by atoms with Gasteiger partial charge in [-0.15, -0.1) is 0 Å². The molecule has 0 fully saturated rings. The lowest BCUT2D eigenvalue weighted by atomic mass is 10.4. The van der Waals surface area contributed by atoms with Crippen molar-refractivity contribution >= 4 is 23.9 Å². The van der Waals surface area contributed by atoms with Crippen LogP contribution in [-0.2, 0) is 0 Å². The molecule has 0 saturated carbocycles. The zero-order valence-electron chi connectivity index (χ0n) is 5.00. The number of aliphatic imine (C=N–C) groups is 1. The number of rotatable bonds is 3. The Morgan fingerprint density at radius 1 is 1.67 bits per heavy atom. The zero-order chi connectivity index (χ0) is 7.28. The minimum absolute atomic E-state index is 0.241. The first kappa shape index (κ1) is 8.04. The first-order chi connectivity index (χ1) is 4.22. The van der Waals surface area contributed by atoms with Gasteiger partial charge in [0.2, 0.25) is 0 Å². The Labute approximate surface area is 59.8 Å². The smallest absolute Gasteiger partial charge is 0.122 e. The van der Waals surface area contributed by atoms with Crippen LogP contribution in [0.2, 0.25) is 0 Å². The van der Waals surface area contributed by atoms with Crippen LogP contribution >= 0.6 is 12.2 Å². The first-order valence-electron chi connectivity index (χ1n) is 2.31. The summed E-state index contributed by atoms with van der Waals surface area (Å²) in [6, 6.07) is 0. The Morgan fingerprint density at radius 2 is 2.22 bits per heavy atom. The SMILES string of the molecule is C=C/C=C(/N=C)C(N)=S. The maximum atomic E-state index is 5.21. The van der Waals surface area contributed by atoms with Crippen LogP contribution in [0.5, 0.6) is 0 Å². The van der Waals surface area contributed by atoms with Gasteiger partial charge < -0.3 is 5.73 Å². The van der Waals surface area contributed by atoms with Crippen LogP contribution in [0, 0.1) is 0 Å². The van der Waals surface area contributed by atoms with Crippen molar-refractivity contribution in [2.24, 2.45) is 10.7 Å². The van der Waals surface area contributed by atoms with Crippen LogP contribution in [0.15, 0.2) is 29.4 Å². The molecule has 0 aliphatic carbocycles. The van der Waals surface area contributed by atoms with E-state index in [9.17, 15) is 0 Å². The summed E-state index contributed by atoms with van der Waals surface area (Å²) in [5, 5.41) is 0. The predicted molar refractivity (Wildman–Crippen MR) is 44.6 cm³/mol. The van der Waals surface area contributed by atoms with Gasteiger partial charge >= 0.3 is 0 Å². The van der Waals surface area contributed by atoms with E-state index < -0.39 is 0 Å². The highest BCUT2D eigenvalue weighted by molar-refractivity contribution is 7.80. The Balaban J connectivity index is 4.32. The zero-order valence-corrected chi connectivity index (χ0v) is 5.82. The molecule has 0 aromatic heterocycles. The molecular formula is C6H8N2S. The van der Waals surface area contributed by atoms with Gasteiger partial charge in [0.25, 0.3) is 0 Å². The lowest BCUT2D eigenvalue weighted by molar-refractivity contribution is 1.48. The molecule has 0 atom stereocenters. The van der Waals surface area contributed by atoms with Crippen molar-refractivity contribution in [3.05, 3.63) is 24.4 Å². The van der Waals surface area contributed by atoms with Crippen molar-refractivity contribution in [3.63, 3.8) is 0 Å². The third kappa shape index (κ3) is 2.77. The van der Waals surface area contributed by atoms with Crippen molar-refractivity contribution in [3.8, 4) is 0 Å². The Hall–Kier alpha value is -0.960. The summed E-state index contributed by atoms with van der Waals surface area (Å²) in [6.07, 6.45) is 3.17. The molecule has 0 unspecified atom stereocenters. The van der Waals surface area contributed by atoms with Crippen molar-refractivity contribution in [1.82, 2.24) is 0 Å². The summed E-state index contributed by atoms with van der Waals surface area (Å²) < 4.78 is 0. The fourth-order valence-corrected chi connectivity index (χ4v) is 0.457. The first-order valence-corrected chi connectivity index (χ1v) is 2.72. The Bertz CT molecular complexity index is 170. The normalized spacial score (nSPS) is 10.4. The fraction of sp³-hybridized carbons (Fsp3) is 0. The van der Waals surface area contributed by atoms with Gasteiger partial charge in [-0.1, -0.05) is 24.9 Å². The van der Waals surface area contributed by atoms with Gasteiger partial charge in [0.05, 0.1) is 5.70 Å². The minimum Gasteiger partial charge on any atom is -0.388 e. The molecule has 0 saturated heterocycles. The molecule has 9 heavy (non-hydrogen) atoms. The van der Waals surface area contributed by atoms with Gasteiger partial charge in [-0.25, -0.2) is 0 Å². The maximum Gasteiger partial charge on any atom is 0.122 e. The van der Waals surface area contributed by atoms with Crippen molar-refractivity contribution in [2.75, 3.05) is 0 Å². The van der Waals surface area contributed by atoms with Crippen LogP contribution in [0.1, 0.15) is 0 Å². The van der Waals surface area contributed by atoms with Crippen LogP contribution in [0.4, 0.5) is 0 Å². The second-order valence-electron chi connectivity index (χ2n) is 1.31. The molecule has 0 rings (SSSR count). The summed E-state index contributed by atoms with van der Waals surface area (Å²) in [7, 11) is 0. The van der Waals surface area contributed by atoms with Gasteiger partial charge in [0, 0.05) is 0 Å². The molecule has 0 aliphatic heterocycles. The molecule has 0 aliphatic rings.